The van der Waals surface area contributed by atoms with E-state index in [0.29, 0.717) is 21.4 Å². The molecule has 1 atom stereocenters. The second-order valence-corrected chi connectivity index (χ2v) is 6.49. The first kappa shape index (κ1) is 19.2. The molecule has 2 aromatic carbocycles. The Morgan fingerprint density at radius 2 is 1.75 bits per heavy atom. The number of carbonyl (C=O) groups is 1. The predicted octanol–water partition coefficient (Wildman–Crippen LogP) is 4.51. The van der Waals surface area contributed by atoms with Crippen molar-refractivity contribution in [2.75, 3.05) is 13.7 Å². The van der Waals surface area contributed by atoms with Gasteiger partial charge in [0.1, 0.15) is 11.9 Å². The van der Waals surface area contributed by atoms with Gasteiger partial charge in [0.05, 0.1) is 10.0 Å². The van der Waals surface area contributed by atoms with Gasteiger partial charge < -0.3 is 15.2 Å². The molecular formula is C16H13Cl4NO3. The number of nitrogens with one attached hydrogen (secondary N) is 1. The minimum Gasteiger partial charge on any atom is -0.484 e. The van der Waals surface area contributed by atoms with Gasteiger partial charge in [0, 0.05) is 28.2 Å². The summed E-state index contributed by atoms with van der Waals surface area (Å²) in [7, 11) is 1.50. The summed E-state index contributed by atoms with van der Waals surface area (Å²) < 4.78 is 5.29. The quantitative estimate of drug-likeness (QED) is 0.765. The zero-order chi connectivity index (χ0) is 17.9. The third-order valence-electron chi connectivity index (χ3n) is 3.23. The highest BCUT2D eigenvalue weighted by atomic mass is 35.5. The molecule has 0 aliphatic rings. The van der Waals surface area contributed by atoms with Crippen LogP contribution in [0.2, 0.25) is 20.1 Å². The summed E-state index contributed by atoms with van der Waals surface area (Å²) in [5, 5.41) is 14.1. The fourth-order valence-corrected chi connectivity index (χ4v) is 3.19. The average molecular weight is 409 g/mol. The van der Waals surface area contributed by atoms with Gasteiger partial charge in [0.15, 0.2) is 6.61 Å². The molecule has 128 valence electrons. The monoisotopic (exact) mass is 407 g/mol. The molecule has 0 unspecified atom stereocenters. The number of aliphatic hydroxyl groups excluding tert-OH is 1. The summed E-state index contributed by atoms with van der Waals surface area (Å²) in [6.07, 6.45) is -1.14. The van der Waals surface area contributed by atoms with E-state index in [0.717, 1.165) is 0 Å². The Balaban J connectivity index is 2.32. The molecule has 1 amide bonds. The van der Waals surface area contributed by atoms with Crippen LogP contribution >= 0.6 is 46.4 Å². The molecule has 24 heavy (non-hydrogen) atoms. The molecule has 8 heteroatoms. The topological polar surface area (TPSA) is 58.6 Å². The summed E-state index contributed by atoms with van der Waals surface area (Å²) in [5.74, 6) is 0.0195. The van der Waals surface area contributed by atoms with E-state index in [1.54, 1.807) is 12.1 Å². The third-order valence-corrected chi connectivity index (χ3v) is 4.42. The molecule has 0 fully saturated rings. The highest BCUT2D eigenvalue weighted by molar-refractivity contribution is 6.37. The van der Waals surface area contributed by atoms with Crippen molar-refractivity contribution < 1.29 is 14.6 Å². The summed E-state index contributed by atoms with van der Waals surface area (Å²) in [6.45, 7) is -0.173. The molecule has 0 spiro atoms. The number of rotatable bonds is 5. The van der Waals surface area contributed by atoms with Gasteiger partial charge in [-0.1, -0.05) is 52.5 Å². The first-order chi connectivity index (χ1) is 11.3. The Hall–Kier alpha value is -1.17. The van der Waals surface area contributed by atoms with Crippen LogP contribution in [0.25, 0.3) is 0 Å². The van der Waals surface area contributed by atoms with Crippen LogP contribution in [0.5, 0.6) is 5.75 Å². The molecule has 0 saturated heterocycles. The molecule has 0 aliphatic heterocycles. The van der Waals surface area contributed by atoms with Crippen molar-refractivity contribution >= 4 is 52.3 Å². The molecule has 0 heterocycles. The number of amides is 1. The first-order valence-electron chi connectivity index (χ1n) is 6.78. The van der Waals surface area contributed by atoms with Crippen LogP contribution in [0.15, 0.2) is 30.3 Å². The smallest absolute Gasteiger partial charge is 0.257 e. The molecule has 2 N–H and O–H groups in total. The molecule has 0 aromatic heterocycles. The predicted molar refractivity (Wildman–Crippen MR) is 96.5 cm³/mol. The Morgan fingerprint density at radius 3 is 2.29 bits per heavy atom. The number of likely N-dealkylation sites (N-methyl/N-ethyl adjacent to an activating group) is 1. The maximum atomic E-state index is 11.2. The fourth-order valence-electron chi connectivity index (χ4n) is 2.01. The zero-order valence-electron chi connectivity index (χ0n) is 12.4. The lowest BCUT2D eigenvalue weighted by molar-refractivity contribution is -0.122. The maximum Gasteiger partial charge on any atom is 0.257 e. The van der Waals surface area contributed by atoms with Crippen LogP contribution in [-0.2, 0) is 4.79 Å². The molecule has 0 radical (unpaired) electrons. The van der Waals surface area contributed by atoms with Crippen LogP contribution in [0.4, 0.5) is 0 Å². The number of hydrogen-bond acceptors (Lipinski definition) is 3. The van der Waals surface area contributed by atoms with E-state index in [1.165, 1.54) is 25.2 Å². The number of carbonyl (C=O) groups excluding carboxylic acids is 1. The van der Waals surface area contributed by atoms with Crippen molar-refractivity contribution in [3.8, 4) is 5.75 Å². The third kappa shape index (κ3) is 4.47. The van der Waals surface area contributed by atoms with Gasteiger partial charge in [0.25, 0.3) is 5.91 Å². The summed E-state index contributed by atoms with van der Waals surface area (Å²) in [6, 6.07) is 7.66. The Bertz CT molecular complexity index is 744. The van der Waals surface area contributed by atoms with Crippen molar-refractivity contribution in [2.24, 2.45) is 0 Å². The van der Waals surface area contributed by atoms with Gasteiger partial charge in [-0.15, -0.1) is 0 Å². The average Bonchev–Trinajstić information content (AvgIpc) is 2.51. The minimum atomic E-state index is -1.14. The molecular weight excluding hydrogens is 396 g/mol. The van der Waals surface area contributed by atoms with Gasteiger partial charge in [-0.2, -0.15) is 0 Å². The van der Waals surface area contributed by atoms with Crippen LogP contribution in [0.1, 0.15) is 17.2 Å². The molecule has 2 rings (SSSR count). The van der Waals surface area contributed by atoms with Crippen molar-refractivity contribution in [3.63, 3.8) is 0 Å². The Kier molecular flexibility index (Phi) is 6.61. The number of ether oxygens (including phenoxy) is 1. The molecule has 0 saturated carbocycles. The summed E-state index contributed by atoms with van der Waals surface area (Å²) >= 11 is 24.4. The minimum absolute atomic E-state index is 0.173. The van der Waals surface area contributed by atoms with E-state index in [2.05, 4.69) is 5.32 Å². The lowest BCUT2D eigenvalue weighted by Gasteiger charge is -2.17. The van der Waals surface area contributed by atoms with Gasteiger partial charge in [-0.3, -0.25) is 4.79 Å². The van der Waals surface area contributed by atoms with Crippen molar-refractivity contribution in [1.29, 1.82) is 0 Å². The zero-order valence-corrected chi connectivity index (χ0v) is 15.5. The highest BCUT2D eigenvalue weighted by Gasteiger charge is 2.21. The molecule has 0 aliphatic carbocycles. The van der Waals surface area contributed by atoms with Crippen LogP contribution in [0, 0.1) is 0 Å². The number of halogens is 4. The molecule has 4 nitrogen and oxygen atoms in total. The summed E-state index contributed by atoms with van der Waals surface area (Å²) in [4.78, 5) is 11.2. The van der Waals surface area contributed by atoms with E-state index >= 15 is 0 Å². The second kappa shape index (κ2) is 8.28. The van der Waals surface area contributed by atoms with Crippen molar-refractivity contribution in [1.82, 2.24) is 5.32 Å². The van der Waals surface area contributed by atoms with E-state index in [9.17, 15) is 9.90 Å². The number of aliphatic hydroxyl groups is 1. The highest BCUT2D eigenvalue weighted by Crippen LogP contribution is 2.39. The first-order valence-corrected chi connectivity index (χ1v) is 8.30. The van der Waals surface area contributed by atoms with Gasteiger partial charge in [0.2, 0.25) is 0 Å². The number of hydrogen-bond donors (Lipinski definition) is 2. The summed E-state index contributed by atoms with van der Waals surface area (Å²) in [5.41, 5.74) is 0.707. The van der Waals surface area contributed by atoms with E-state index in [4.69, 9.17) is 51.1 Å². The Morgan fingerprint density at radius 1 is 1.12 bits per heavy atom. The normalized spacial score (nSPS) is 11.9. The largest absolute Gasteiger partial charge is 0.484 e. The van der Waals surface area contributed by atoms with Crippen molar-refractivity contribution in [2.45, 2.75) is 6.10 Å². The van der Waals surface area contributed by atoms with Crippen molar-refractivity contribution in [3.05, 3.63) is 61.5 Å². The molecule has 2 aromatic rings. The van der Waals surface area contributed by atoms with Gasteiger partial charge in [-0.05, 0) is 24.3 Å². The fraction of sp³-hybridized carbons (Fsp3) is 0.188. The van der Waals surface area contributed by atoms with E-state index in [-0.39, 0.29) is 28.1 Å². The van der Waals surface area contributed by atoms with Crippen LogP contribution in [0.3, 0.4) is 0 Å². The lowest BCUT2D eigenvalue weighted by Crippen LogP contribution is -2.24. The SMILES string of the molecule is CNC(=O)COc1cc(Cl)c([C@@H](O)c2ccc(Cl)cc2Cl)c(Cl)c1. The lowest BCUT2D eigenvalue weighted by atomic mass is 10.0. The second-order valence-electron chi connectivity index (χ2n) is 4.83. The maximum absolute atomic E-state index is 11.2. The van der Waals surface area contributed by atoms with E-state index < -0.39 is 6.10 Å². The molecule has 0 bridgehead atoms. The Labute approximate surface area is 159 Å². The number of benzene rings is 2. The van der Waals surface area contributed by atoms with Gasteiger partial charge in [-0.25, -0.2) is 0 Å². The van der Waals surface area contributed by atoms with Crippen LogP contribution in [-0.4, -0.2) is 24.7 Å². The van der Waals surface area contributed by atoms with E-state index in [1.807, 2.05) is 0 Å². The standard InChI is InChI=1S/C16H13Cl4NO3/c1-21-14(22)7-24-9-5-12(19)15(13(20)6-9)16(23)10-3-2-8(17)4-11(10)18/h2-6,16,23H,7H2,1H3,(H,21,22)/t16-/m0/s1. The van der Waals surface area contributed by atoms with Gasteiger partial charge >= 0.3 is 0 Å². The van der Waals surface area contributed by atoms with Crippen LogP contribution < -0.4 is 10.1 Å².